The zero-order chi connectivity index (χ0) is 17.0. The zero-order valence-corrected chi connectivity index (χ0v) is 14.9. The van der Waals surface area contributed by atoms with Gasteiger partial charge in [-0.1, -0.05) is 46.3 Å². The molecule has 2 aliphatic rings. The molecule has 0 spiro atoms. The number of hydrogen-bond donors (Lipinski definition) is 1. The van der Waals surface area contributed by atoms with Gasteiger partial charge in [-0.3, -0.25) is 9.59 Å². The van der Waals surface area contributed by atoms with Gasteiger partial charge in [0.25, 0.3) is 0 Å². The van der Waals surface area contributed by atoms with Gasteiger partial charge in [-0.15, -0.1) is 0 Å². The van der Waals surface area contributed by atoms with Crippen molar-refractivity contribution in [1.82, 2.24) is 0 Å². The van der Waals surface area contributed by atoms with Crippen LogP contribution in [0.2, 0.25) is 0 Å². The van der Waals surface area contributed by atoms with Crippen molar-refractivity contribution in [3.05, 3.63) is 11.6 Å². The Bertz CT molecular complexity index is 428. The zero-order valence-electron chi connectivity index (χ0n) is 14.9. The van der Waals surface area contributed by atoms with Crippen LogP contribution >= 0.6 is 0 Å². The fourth-order valence-corrected chi connectivity index (χ4v) is 2.94. The average Bonchev–Trinajstić information content (AvgIpc) is 2.42. The second-order valence-electron chi connectivity index (χ2n) is 8.02. The minimum absolute atomic E-state index is 0.265. The van der Waals surface area contributed by atoms with Gasteiger partial charge in [-0.25, -0.2) is 0 Å². The number of allylic oxidation sites excluding steroid dienone is 2. The van der Waals surface area contributed by atoms with E-state index in [9.17, 15) is 14.7 Å². The summed E-state index contributed by atoms with van der Waals surface area (Å²) >= 11 is 0. The number of rotatable bonds is 1. The van der Waals surface area contributed by atoms with E-state index in [0.29, 0.717) is 43.7 Å². The molecule has 0 heterocycles. The van der Waals surface area contributed by atoms with E-state index in [1.807, 2.05) is 13.8 Å². The first kappa shape index (κ1) is 19.1. The first-order valence-electron chi connectivity index (χ1n) is 8.50. The van der Waals surface area contributed by atoms with Crippen molar-refractivity contribution >= 4 is 11.6 Å². The molecule has 1 saturated carbocycles. The molecule has 0 bridgehead atoms. The molecule has 0 atom stereocenters. The summed E-state index contributed by atoms with van der Waals surface area (Å²) in [6.07, 6.45) is 6.93. The van der Waals surface area contributed by atoms with Crippen LogP contribution in [0.3, 0.4) is 0 Å². The highest BCUT2D eigenvalue weighted by Gasteiger charge is 2.34. The summed E-state index contributed by atoms with van der Waals surface area (Å²) in [5.41, 5.74) is 1.14. The van der Waals surface area contributed by atoms with E-state index in [1.165, 1.54) is 5.57 Å². The van der Waals surface area contributed by atoms with E-state index < -0.39 is 5.60 Å². The maximum atomic E-state index is 10.9. The van der Waals surface area contributed by atoms with Crippen molar-refractivity contribution in [2.75, 3.05) is 0 Å². The van der Waals surface area contributed by atoms with Crippen molar-refractivity contribution in [3.63, 3.8) is 0 Å². The molecule has 3 heteroatoms. The van der Waals surface area contributed by atoms with Gasteiger partial charge in [0.15, 0.2) is 0 Å². The van der Waals surface area contributed by atoms with Gasteiger partial charge in [0, 0.05) is 25.7 Å². The van der Waals surface area contributed by atoms with E-state index in [2.05, 4.69) is 26.8 Å². The summed E-state index contributed by atoms with van der Waals surface area (Å²) in [7, 11) is 0. The first-order valence-corrected chi connectivity index (χ1v) is 8.50. The highest BCUT2D eigenvalue weighted by Crippen LogP contribution is 2.32. The van der Waals surface area contributed by atoms with Gasteiger partial charge in [0.1, 0.15) is 11.6 Å². The van der Waals surface area contributed by atoms with Crippen LogP contribution in [0.4, 0.5) is 0 Å². The number of Topliss-reactive ketones (excluding diaryl/α,β-unsaturated/α-hetero) is 2. The summed E-state index contributed by atoms with van der Waals surface area (Å²) < 4.78 is 0. The summed E-state index contributed by atoms with van der Waals surface area (Å²) in [5, 5.41) is 9.91. The molecule has 0 unspecified atom stereocenters. The van der Waals surface area contributed by atoms with Crippen molar-refractivity contribution in [3.8, 4) is 0 Å². The van der Waals surface area contributed by atoms with Gasteiger partial charge >= 0.3 is 0 Å². The minimum atomic E-state index is -0.562. The van der Waals surface area contributed by atoms with E-state index in [4.69, 9.17) is 0 Å². The Balaban J connectivity index is 0.000000220. The van der Waals surface area contributed by atoms with Crippen LogP contribution in [0.5, 0.6) is 0 Å². The van der Waals surface area contributed by atoms with Crippen LogP contribution in [-0.2, 0) is 9.59 Å². The third-order valence-electron chi connectivity index (χ3n) is 4.96. The van der Waals surface area contributed by atoms with E-state index >= 15 is 0 Å². The molecule has 1 N–H and O–H groups in total. The Kier molecular flexibility index (Phi) is 6.54. The largest absolute Gasteiger partial charge is 0.390 e. The lowest BCUT2D eigenvalue weighted by Crippen LogP contribution is -2.39. The number of ketones is 2. The fourth-order valence-electron chi connectivity index (χ4n) is 2.94. The Hall–Kier alpha value is -0.960. The highest BCUT2D eigenvalue weighted by atomic mass is 16.3. The van der Waals surface area contributed by atoms with Gasteiger partial charge in [0.2, 0.25) is 0 Å². The van der Waals surface area contributed by atoms with Gasteiger partial charge in [0.05, 0.1) is 5.60 Å². The van der Waals surface area contributed by atoms with Crippen LogP contribution in [0.25, 0.3) is 0 Å². The van der Waals surface area contributed by atoms with Gasteiger partial charge in [-0.2, -0.15) is 0 Å². The minimum Gasteiger partial charge on any atom is -0.390 e. The maximum absolute atomic E-state index is 10.9. The highest BCUT2D eigenvalue weighted by molar-refractivity contribution is 5.81. The smallest absolute Gasteiger partial charge is 0.136 e. The van der Waals surface area contributed by atoms with Crippen LogP contribution in [0, 0.1) is 11.3 Å². The van der Waals surface area contributed by atoms with E-state index in [1.54, 1.807) is 0 Å². The van der Waals surface area contributed by atoms with Crippen molar-refractivity contribution in [1.29, 1.82) is 0 Å². The third-order valence-corrected chi connectivity index (χ3v) is 4.96. The molecule has 0 aromatic heterocycles. The molecule has 126 valence electrons. The molecule has 2 rings (SSSR count). The van der Waals surface area contributed by atoms with Crippen LogP contribution in [-0.4, -0.2) is 22.3 Å². The Morgan fingerprint density at radius 2 is 1.55 bits per heavy atom. The summed E-state index contributed by atoms with van der Waals surface area (Å²) in [5.74, 6) is 0.962. The molecule has 22 heavy (non-hydrogen) atoms. The van der Waals surface area contributed by atoms with Crippen molar-refractivity contribution in [2.24, 2.45) is 11.3 Å². The molecule has 2 aliphatic carbocycles. The average molecular weight is 308 g/mol. The van der Waals surface area contributed by atoms with Crippen molar-refractivity contribution in [2.45, 2.75) is 85.2 Å². The Morgan fingerprint density at radius 3 is 1.91 bits per heavy atom. The predicted molar refractivity (Wildman–Crippen MR) is 89.7 cm³/mol. The summed E-state index contributed by atoms with van der Waals surface area (Å²) in [6.45, 7) is 10.6. The molecule has 1 fully saturated rings. The van der Waals surface area contributed by atoms with Crippen LogP contribution in [0.1, 0.15) is 79.6 Å². The van der Waals surface area contributed by atoms with Gasteiger partial charge < -0.3 is 5.11 Å². The maximum Gasteiger partial charge on any atom is 0.136 e. The lowest BCUT2D eigenvalue weighted by molar-refractivity contribution is -0.127. The molecule has 0 saturated heterocycles. The molecular weight excluding hydrogens is 276 g/mol. The molecule has 3 nitrogen and oxygen atoms in total. The number of carbonyl (C=O) groups is 2. The molecule has 0 radical (unpaired) electrons. The monoisotopic (exact) mass is 308 g/mol. The Morgan fingerprint density at radius 1 is 1.00 bits per heavy atom. The van der Waals surface area contributed by atoms with Crippen molar-refractivity contribution < 1.29 is 14.7 Å². The number of hydrogen-bond acceptors (Lipinski definition) is 3. The van der Waals surface area contributed by atoms with E-state index in [-0.39, 0.29) is 11.3 Å². The van der Waals surface area contributed by atoms with Crippen LogP contribution in [0.15, 0.2) is 11.6 Å². The lowest BCUT2D eigenvalue weighted by atomic mass is 9.77. The molecule has 0 aromatic rings. The summed E-state index contributed by atoms with van der Waals surface area (Å²) in [4.78, 5) is 21.8. The Labute approximate surface area is 135 Å². The molecule has 0 aliphatic heterocycles. The first-order chi connectivity index (χ1) is 10.0. The second kappa shape index (κ2) is 7.54. The SMILES string of the molecule is CC(C)(C)C1=CCC(=O)CC1.CC(C)C1(O)CCC(=O)CC1. The van der Waals surface area contributed by atoms with Gasteiger partial charge in [-0.05, 0) is 30.6 Å². The second-order valence-corrected chi connectivity index (χ2v) is 8.02. The summed E-state index contributed by atoms with van der Waals surface area (Å²) in [6, 6.07) is 0. The fraction of sp³-hybridized carbons (Fsp3) is 0.789. The topological polar surface area (TPSA) is 54.4 Å². The quantitative estimate of drug-likeness (QED) is 0.738. The molecule has 0 amide bonds. The predicted octanol–water partition coefficient (Wildman–Crippen LogP) is 4.23. The molecular formula is C19H32O3. The lowest BCUT2D eigenvalue weighted by Gasteiger charge is -2.35. The van der Waals surface area contributed by atoms with Crippen LogP contribution < -0.4 is 0 Å². The third kappa shape index (κ3) is 5.68. The number of carbonyl (C=O) groups excluding carboxylic acids is 2. The standard InChI is InChI=1S/C10H16O.C9H16O2/c1-10(2,3)8-4-6-9(11)7-5-8;1-7(2)9(11)5-3-8(10)4-6-9/h4H,5-7H2,1-3H3;7,11H,3-6H2,1-2H3. The normalized spacial score (nSPS) is 22.0. The number of aliphatic hydroxyl groups is 1. The molecule has 0 aromatic carbocycles. The van der Waals surface area contributed by atoms with E-state index in [0.717, 1.165) is 12.8 Å².